The van der Waals surface area contributed by atoms with Crippen molar-refractivity contribution in [1.29, 1.82) is 5.26 Å². The maximum atomic E-state index is 9.91. The van der Waals surface area contributed by atoms with Crippen molar-refractivity contribution in [1.82, 2.24) is 0 Å². The maximum absolute atomic E-state index is 9.91. The van der Waals surface area contributed by atoms with E-state index >= 15 is 0 Å². The van der Waals surface area contributed by atoms with Crippen LogP contribution in [0.2, 0.25) is 0 Å². The van der Waals surface area contributed by atoms with Gasteiger partial charge in [0.15, 0.2) is 5.60 Å². The van der Waals surface area contributed by atoms with E-state index in [1.807, 2.05) is 6.07 Å². The van der Waals surface area contributed by atoms with Crippen LogP contribution in [0, 0.1) is 11.3 Å². The van der Waals surface area contributed by atoms with Crippen molar-refractivity contribution in [3.8, 4) is 28.7 Å². The number of hydrogen-bond acceptors (Lipinski definition) is 7. The number of nitriles is 1. The Morgan fingerprint density at radius 1 is 0.863 bits per heavy atom. The number of ether oxygens (including phenoxy) is 4. The quantitative estimate of drug-likeness (QED) is 0.211. The Balaban J connectivity index is 1.29. The van der Waals surface area contributed by atoms with Gasteiger partial charge in [0.1, 0.15) is 11.5 Å². The first-order valence-electron chi connectivity index (χ1n) is 18.2. The average molecular weight is 678 g/mol. The van der Waals surface area contributed by atoms with Gasteiger partial charge < -0.3 is 28.7 Å². The number of rotatable bonds is 5. The summed E-state index contributed by atoms with van der Waals surface area (Å²) in [4.78, 5) is 4.76. The van der Waals surface area contributed by atoms with Crippen molar-refractivity contribution in [3.63, 3.8) is 0 Å². The van der Waals surface area contributed by atoms with Crippen LogP contribution in [0.3, 0.4) is 0 Å². The fraction of sp³-hybridized carbons (Fsp3) is 0.341. The summed E-state index contributed by atoms with van der Waals surface area (Å²) in [6, 6.07) is 22.0. The molecule has 2 saturated heterocycles. The van der Waals surface area contributed by atoms with Crippen LogP contribution >= 0.6 is 0 Å². The van der Waals surface area contributed by atoms with E-state index in [2.05, 4.69) is 109 Å². The Morgan fingerprint density at radius 3 is 2.29 bits per heavy atom. The summed E-state index contributed by atoms with van der Waals surface area (Å²) in [6.45, 7) is 10.8. The molecule has 0 aromatic heterocycles. The van der Waals surface area contributed by atoms with E-state index < -0.39 is 5.60 Å². The molecule has 2 aliphatic carbocycles. The van der Waals surface area contributed by atoms with Crippen LogP contribution in [0.15, 0.2) is 84.5 Å². The molecule has 5 aliphatic rings. The largest absolute Gasteiger partial charge is 0.495 e. The van der Waals surface area contributed by atoms with E-state index in [-0.39, 0.29) is 5.41 Å². The standard InChI is InChI=1S/C44H43N3O4/c1-43(2)37-25-29(28-45)9-14-33(37)40-35-26-38(47-19-23-50-24-20-47)39(48-3)27-36(35)42-34(41(40)43)15-16-44(51-42,30-7-5-4-6-8-30)31-10-12-32(13-11-31)46-17-21-49-22-18-46/h4-5,7,9-16,25-27H,6,8,17-24H2,1-3H3. The van der Waals surface area contributed by atoms with Crippen molar-refractivity contribution < 1.29 is 18.9 Å². The number of anilines is 2. The van der Waals surface area contributed by atoms with E-state index in [1.165, 1.54) is 33.5 Å². The number of fused-ring (bicyclic) bond motifs is 8. The average Bonchev–Trinajstić information content (AvgIpc) is 3.44. The fourth-order valence-electron chi connectivity index (χ4n) is 8.95. The predicted molar refractivity (Wildman–Crippen MR) is 203 cm³/mol. The molecule has 51 heavy (non-hydrogen) atoms. The van der Waals surface area contributed by atoms with Crippen LogP contribution in [0.25, 0.3) is 28.0 Å². The topological polar surface area (TPSA) is 67.2 Å². The van der Waals surface area contributed by atoms with Crippen LogP contribution in [0.4, 0.5) is 11.4 Å². The number of hydrogen-bond donors (Lipinski definition) is 0. The van der Waals surface area contributed by atoms with Gasteiger partial charge in [-0.1, -0.05) is 56.4 Å². The van der Waals surface area contributed by atoms with Crippen LogP contribution in [0.1, 0.15) is 54.5 Å². The highest BCUT2D eigenvalue weighted by molar-refractivity contribution is 6.10. The van der Waals surface area contributed by atoms with Gasteiger partial charge in [-0.15, -0.1) is 0 Å². The van der Waals surface area contributed by atoms with Crippen molar-refractivity contribution in [2.45, 2.75) is 37.7 Å². The van der Waals surface area contributed by atoms with Gasteiger partial charge in [0, 0.05) is 53.8 Å². The van der Waals surface area contributed by atoms with Gasteiger partial charge in [-0.05, 0) is 88.5 Å². The minimum absolute atomic E-state index is 0.366. The van der Waals surface area contributed by atoms with Gasteiger partial charge >= 0.3 is 0 Å². The molecule has 7 heteroatoms. The zero-order chi connectivity index (χ0) is 34.7. The van der Waals surface area contributed by atoms with E-state index in [0.717, 1.165) is 91.3 Å². The summed E-state index contributed by atoms with van der Waals surface area (Å²) >= 11 is 0. The maximum Gasteiger partial charge on any atom is 0.174 e. The lowest BCUT2D eigenvalue weighted by atomic mass is 9.75. The molecule has 4 aromatic rings. The molecule has 2 fully saturated rings. The number of nitrogens with zero attached hydrogens (tertiary/aromatic N) is 3. The van der Waals surface area contributed by atoms with Gasteiger partial charge in [-0.25, -0.2) is 0 Å². The number of benzene rings is 4. The summed E-state index contributed by atoms with van der Waals surface area (Å²) in [5.41, 5.74) is 9.99. The Kier molecular flexibility index (Phi) is 7.72. The highest BCUT2D eigenvalue weighted by Crippen LogP contribution is 2.59. The molecule has 0 radical (unpaired) electrons. The molecule has 3 aliphatic heterocycles. The summed E-state index contributed by atoms with van der Waals surface area (Å²) in [5, 5.41) is 12.1. The second-order valence-corrected chi connectivity index (χ2v) is 14.6. The van der Waals surface area contributed by atoms with Crippen LogP contribution in [0.5, 0.6) is 11.5 Å². The molecule has 3 heterocycles. The number of morpholine rings is 2. The molecule has 0 amide bonds. The predicted octanol–water partition coefficient (Wildman–Crippen LogP) is 8.28. The van der Waals surface area contributed by atoms with E-state index in [0.29, 0.717) is 18.8 Å². The van der Waals surface area contributed by atoms with Gasteiger partial charge in [0.05, 0.1) is 50.9 Å². The summed E-state index contributed by atoms with van der Waals surface area (Å²) < 4.78 is 25.1. The van der Waals surface area contributed by atoms with Gasteiger partial charge in [0.25, 0.3) is 0 Å². The third-order valence-corrected chi connectivity index (χ3v) is 11.6. The van der Waals surface area contributed by atoms with Crippen molar-refractivity contribution in [2.75, 3.05) is 69.5 Å². The lowest BCUT2D eigenvalue weighted by Crippen LogP contribution is -2.37. The molecule has 0 N–H and O–H groups in total. The highest BCUT2D eigenvalue weighted by atomic mass is 16.5. The van der Waals surface area contributed by atoms with Gasteiger partial charge in [-0.3, -0.25) is 0 Å². The van der Waals surface area contributed by atoms with Gasteiger partial charge in [-0.2, -0.15) is 5.26 Å². The third kappa shape index (κ3) is 4.99. The van der Waals surface area contributed by atoms with Crippen molar-refractivity contribution in [3.05, 3.63) is 112 Å². The zero-order valence-electron chi connectivity index (χ0n) is 29.6. The van der Waals surface area contributed by atoms with E-state index in [1.54, 1.807) is 7.11 Å². The molecular formula is C44H43N3O4. The first-order chi connectivity index (χ1) is 24.9. The molecule has 1 unspecified atom stereocenters. The van der Waals surface area contributed by atoms with E-state index in [4.69, 9.17) is 18.9 Å². The SMILES string of the molecule is COc1cc2c3c(c4c(c2cc1N1CCOCC1)-c1ccc(C#N)cc1C4(C)C)C=CC(C1=CC=CCC1)(c1ccc(N2CCOCC2)cc1)O3. The Hall–Kier alpha value is -5.03. The highest BCUT2D eigenvalue weighted by Gasteiger charge is 2.45. The molecule has 0 spiro atoms. The molecule has 7 nitrogen and oxygen atoms in total. The third-order valence-electron chi connectivity index (χ3n) is 11.6. The lowest BCUT2D eigenvalue weighted by molar-refractivity contribution is 0.122. The molecule has 4 aromatic carbocycles. The first-order valence-corrected chi connectivity index (χ1v) is 18.2. The lowest BCUT2D eigenvalue weighted by Gasteiger charge is -2.40. The molecular weight excluding hydrogens is 635 g/mol. The molecule has 0 bridgehead atoms. The monoisotopic (exact) mass is 677 g/mol. The fourth-order valence-corrected chi connectivity index (χ4v) is 8.95. The smallest absolute Gasteiger partial charge is 0.174 e. The van der Waals surface area contributed by atoms with Crippen LogP contribution in [-0.2, 0) is 20.5 Å². The summed E-state index contributed by atoms with van der Waals surface area (Å²) in [6.07, 6.45) is 13.1. The zero-order valence-corrected chi connectivity index (χ0v) is 29.6. The Morgan fingerprint density at radius 2 is 1.61 bits per heavy atom. The minimum atomic E-state index is -0.790. The minimum Gasteiger partial charge on any atom is -0.495 e. The molecule has 258 valence electrons. The molecule has 9 rings (SSSR count). The molecule has 1 atom stereocenters. The first kappa shape index (κ1) is 31.9. The Bertz CT molecular complexity index is 2180. The normalized spacial score (nSPS) is 21.7. The Labute approximate surface area is 300 Å². The number of methoxy groups -OCH3 is 1. The molecule has 0 saturated carbocycles. The van der Waals surface area contributed by atoms with Gasteiger partial charge in [0.2, 0.25) is 0 Å². The second kappa shape index (κ2) is 12.3. The van der Waals surface area contributed by atoms with Crippen LogP contribution < -0.4 is 19.3 Å². The second-order valence-electron chi connectivity index (χ2n) is 14.6. The summed E-state index contributed by atoms with van der Waals surface area (Å²) in [7, 11) is 1.76. The van der Waals surface area contributed by atoms with Crippen molar-refractivity contribution in [2.24, 2.45) is 0 Å². The van der Waals surface area contributed by atoms with Crippen LogP contribution in [-0.4, -0.2) is 59.7 Å². The van der Waals surface area contributed by atoms with E-state index in [9.17, 15) is 5.26 Å². The summed E-state index contributed by atoms with van der Waals surface area (Å²) in [5.74, 6) is 1.69. The van der Waals surface area contributed by atoms with Crippen molar-refractivity contribution >= 4 is 28.2 Å². The number of allylic oxidation sites excluding steroid dienone is 3.